The van der Waals surface area contributed by atoms with Crippen LogP contribution in [0.25, 0.3) is 5.70 Å². The van der Waals surface area contributed by atoms with Crippen LogP contribution in [0.15, 0.2) is 41.5 Å². The van der Waals surface area contributed by atoms with E-state index in [-0.39, 0.29) is 0 Å². The average Bonchev–Trinajstić information content (AvgIpc) is 3.08. The molecule has 4 rings (SSSR count). The summed E-state index contributed by atoms with van der Waals surface area (Å²) in [7, 11) is 0. The Morgan fingerprint density at radius 1 is 1.35 bits per heavy atom. The van der Waals surface area contributed by atoms with Gasteiger partial charge < -0.3 is 4.90 Å². The van der Waals surface area contributed by atoms with Crippen molar-refractivity contribution in [1.29, 1.82) is 0 Å². The van der Waals surface area contributed by atoms with E-state index >= 15 is 0 Å². The predicted molar refractivity (Wildman–Crippen MR) is 85.1 cm³/mol. The van der Waals surface area contributed by atoms with Gasteiger partial charge in [-0.3, -0.25) is 4.99 Å². The predicted octanol–water partition coefficient (Wildman–Crippen LogP) is 4.18. The van der Waals surface area contributed by atoms with E-state index in [9.17, 15) is 0 Å². The lowest BCUT2D eigenvalue weighted by molar-refractivity contribution is 0.860. The second-order valence-corrected chi connectivity index (χ2v) is 6.15. The smallest absolute Gasteiger partial charge is 0.0665 e. The summed E-state index contributed by atoms with van der Waals surface area (Å²) in [5, 5.41) is 0. The van der Waals surface area contributed by atoms with Crippen molar-refractivity contribution in [1.82, 2.24) is 0 Å². The first-order chi connectivity index (χ1) is 9.72. The van der Waals surface area contributed by atoms with Crippen LogP contribution in [-0.4, -0.2) is 12.3 Å². The van der Waals surface area contributed by atoms with Gasteiger partial charge in [-0.1, -0.05) is 18.7 Å². The van der Waals surface area contributed by atoms with Crippen molar-refractivity contribution in [2.75, 3.05) is 11.4 Å². The Morgan fingerprint density at radius 2 is 2.20 bits per heavy atom. The molecule has 0 bridgehead atoms. The van der Waals surface area contributed by atoms with Gasteiger partial charge in [0, 0.05) is 35.6 Å². The lowest BCUT2D eigenvalue weighted by atomic mass is 10.1. The molecule has 0 saturated heterocycles. The molecule has 1 saturated carbocycles. The molecule has 1 aromatic carbocycles. The van der Waals surface area contributed by atoms with Crippen molar-refractivity contribution in [3.63, 3.8) is 0 Å². The summed E-state index contributed by atoms with van der Waals surface area (Å²) in [4.78, 5) is 7.05. The second kappa shape index (κ2) is 4.34. The first kappa shape index (κ1) is 12.0. The summed E-state index contributed by atoms with van der Waals surface area (Å²) in [6, 6.07) is 6.80. The normalized spacial score (nSPS) is 20.8. The highest BCUT2D eigenvalue weighted by Gasteiger charge is 2.31. The van der Waals surface area contributed by atoms with Gasteiger partial charge in [-0.25, -0.2) is 0 Å². The monoisotopic (exact) mass is 264 g/mol. The van der Waals surface area contributed by atoms with E-state index in [0.717, 1.165) is 31.0 Å². The molecule has 0 N–H and O–H groups in total. The lowest BCUT2D eigenvalue weighted by Crippen LogP contribution is -2.19. The Balaban J connectivity index is 1.64. The molecular weight excluding hydrogens is 244 g/mol. The Kier molecular flexibility index (Phi) is 2.59. The molecule has 0 radical (unpaired) electrons. The number of allylic oxidation sites excluding steroid dienone is 2. The van der Waals surface area contributed by atoms with Gasteiger partial charge in [-0.2, -0.15) is 0 Å². The molecule has 2 heteroatoms. The van der Waals surface area contributed by atoms with Crippen LogP contribution in [0.1, 0.15) is 37.3 Å². The van der Waals surface area contributed by atoms with E-state index in [1.807, 2.05) is 0 Å². The topological polar surface area (TPSA) is 15.6 Å². The van der Waals surface area contributed by atoms with E-state index in [4.69, 9.17) is 0 Å². The molecule has 0 atom stereocenters. The molecule has 0 aromatic heterocycles. The van der Waals surface area contributed by atoms with Gasteiger partial charge in [-0.05, 0) is 49.8 Å². The van der Waals surface area contributed by atoms with Gasteiger partial charge in [0.25, 0.3) is 0 Å². The van der Waals surface area contributed by atoms with E-state index in [0.29, 0.717) is 0 Å². The molecule has 0 unspecified atom stereocenters. The average molecular weight is 264 g/mol. The molecule has 0 amide bonds. The standard InChI is InChI=1S/C18H20N2/c1-12-3-7-17(19-12)15-6-8-18-16(11-15)9-10-20(18)13(2)14-4-5-14/h6-8,11,14H,2-5,9-10H2,1H3. The Labute approximate surface area is 120 Å². The highest BCUT2D eigenvalue weighted by atomic mass is 15.2. The summed E-state index contributed by atoms with van der Waals surface area (Å²) >= 11 is 0. The highest BCUT2D eigenvalue weighted by molar-refractivity contribution is 5.94. The fourth-order valence-electron chi connectivity index (χ4n) is 3.22. The lowest BCUT2D eigenvalue weighted by Gasteiger charge is -2.22. The first-order valence-corrected chi connectivity index (χ1v) is 7.56. The van der Waals surface area contributed by atoms with E-state index in [2.05, 4.69) is 47.7 Å². The SMILES string of the molecule is C=C(C1CC1)N1CCc2cc(C3=CCC(C)=N3)ccc21. The van der Waals surface area contributed by atoms with Gasteiger partial charge in [0.2, 0.25) is 0 Å². The molecule has 102 valence electrons. The Hall–Kier alpha value is -1.83. The van der Waals surface area contributed by atoms with Crippen molar-refractivity contribution in [3.8, 4) is 0 Å². The van der Waals surface area contributed by atoms with Crippen LogP contribution in [0.3, 0.4) is 0 Å². The zero-order valence-corrected chi connectivity index (χ0v) is 12.0. The van der Waals surface area contributed by atoms with Crippen LogP contribution in [-0.2, 0) is 6.42 Å². The quantitative estimate of drug-likeness (QED) is 0.799. The second-order valence-electron chi connectivity index (χ2n) is 6.15. The van der Waals surface area contributed by atoms with Crippen molar-refractivity contribution in [3.05, 3.63) is 47.7 Å². The molecule has 1 aromatic rings. The van der Waals surface area contributed by atoms with E-state index in [1.54, 1.807) is 0 Å². The van der Waals surface area contributed by atoms with Gasteiger partial charge in [-0.15, -0.1) is 0 Å². The number of rotatable bonds is 3. The van der Waals surface area contributed by atoms with Crippen LogP contribution in [0, 0.1) is 5.92 Å². The zero-order valence-electron chi connectivity index (χ0n) is 12.0. The maximum Gasteiger partial charge on any atom is 0.0665 e. The number of anilines is 1. The molecule has 1 fully saturated rings. The zero-order chi connectivity index (χ0) is 13.7. The van der Waals surface area contributed by atoms with Crippen molar-refractivity contribution >= 4 is 17.1 Å². The number of fused-ring (bicyclic) bond motifs is 1. The molecule has 2 heterocycles. The molecule has 20 heavy (non-hydrogen) atoms. The molecule has 0 spiro atoms. The maximum atomic E-state index is 4.62. The van der Waals surface area contributed by atoms with Crippen LogP contribution in [0.4, 0.5) is 5.69 Å². The first-order valence-electron chi connectivity index (χ1n) is 7.56. The molecule has 3 aliphatic rings. The maximum absolute atomic E-state index is 4.62. The summed E-state index contributed by atoms with van der Waals surface area (Å²) < 4.78 is 0. The van der Waals surface area contributed by atoms with Gasteiger partial charge >= 0.3 is 0 Å². The molecule has 2 nitrogen and oxygen atoms in total. The van der Waals surface area contributed by atoms with Gasteiger partial charge in [0.05, 0.1) is 5.70 Å². The third-order valence-electron chi connectivity index (χ3n) is 4.57. The third-order valence-corrected chi connectivity index (χ3v) is 4.57. The number of hydrogen-bond acceptors (Lipinski definition) is 2. The summed E-state index contributed by atoms with van der Waals surface area (Å²) in [5.74, 6) is 0.741. The number of hydrogen-bond donors (Lipinski definition) is 0. The van der Waals surface area contributed by atoms with Crippen molar-refractivity contribution < 1.29 is 0 Å². The van der Waals surface area contributed by atoms with Crippen LogP contribution in [0.2, 0.25) is 0 Å². The minimum Gasteiger partial charge on any atom is -0.345 e. The number of aliphatic imine (C=N–C) groups is 1. The van der Waals surface area contributed by atoms with Crippen molar-refractivity contribution in [2.45, 2.75) is 32.6 Å². The van der Waals surface area contributed by atoms with Crippen LogP contribution >= 0.6 is 0 Å². The Morgan fingerprint density at radius 3 is 2.90 bits per heavy atom. The highest BCUT2D eigenvalue weighted by Crippen LogP contribution is 2.42. The van der Waals surface area contributed by atoms with Crippen molar-refractivity contribution in [2.24, 2.45) is 10.9 Å². The van der Waals surface area contributed by atoms with Crippen LogP contribution < -0.4 is 4.90 Å². The largest absolute Gasteiger partial charge is 0.345 e. The summed E-state index contributed by atoms with van der Waals surface area (Å²) in [5.41, 5.74) is 7.76. The molecule has 1 aliphatic carbocycles. The molecule has 2 aliphatic heterocycles. The summed E-state index contributed by atoms with van der Waals surface area (Å²) in [6.07, 6.45) is 7.00. The van der Waals surface area contributed by atoms with E-state index in [1.165, 1.54) is 41.1 Å². The fourth-order valence-corrected chi connectivity index (χ4v) is 3.22. The van der Waals surface area contributed by atoms with E-state index < -0.39 is 0 Å². The number of nitrogens with zero attached hydrogens (tertiary/aromatic N) is 2. The fraction of sp³-hybridized carbons (Fsp3) is 0.389. The van der Waals surface area contributed by atoms with Gasteiger partial charge in [0.15, 0.2) is 0 Å². The minimum absolute atomic E-state index is 0.741. The summed E-state index contributed by atoms with van der Waals surface area (Å²) in [6.45, 7) is 7.49. The Bertz CT molecular complexity index is 647. The van der Waals surface area contributed by atoms with Gasteiger partial charge in [0.1, 0.15) is 0 Å². The van der Waals surface area contributed by atoms with Crippen LogP contribution in [0.5, 0.6) is 0 Å². The minimum atomic E-state index is 0.741. The molecular formula is C18H20N2. The number of benzene rings is 1. The third kappa shape index (κ3) is 1.91.